The summed E-state index contributed by atoms with van der Waals surface area (Å²) in [4.78, 5) is 15.4. The quantitative estimate of drug-likeness (QED) is 0.845. The van der Waals surface area contributed by atoms with Crippen molar-refractivity contribution < 1.29 is 15.0 Å². The number of rotatable bonds is 5. The number of nitrogens with zero attached hydrogens (tertiary/aromatic N) is 2. The molecular formula is C13H16N2O3. The molecule has 1 aromatic heterocycles. The third-order valence-corrected chi connectivity index (χ3v) is 3.00. The normalized spacial score (nSPS) is 12.8. The van der Waals surface area contributed by atoms with Crippen LogP contribution in [-0.4, -0.2) is 32.3 Å². The van der Waals surface area contributed by atoms with E-state index in [9.17, 15) is 9.90 Å². The number of hydrogen-bond acceptors (Lipinski definition) is 3. The SMILES string of the molecule is CC(CCO)Cn1cnc2cccc(C(=O)O)c21. The highest BCUT2D eigenvalue weighted by Crippen LogP contribution is 2.19. The van der Waals surface area contributed by atoms with Gasteiger partial charge in [-0.05, 0) is 24.5 Å². The predicted octanol–water partition coefficient (Wildman–Crippen LogP) is 1.75. The highest BCUT2D eigenvalue weighted by Gasteiger charge is 2.14. The largest absolute Gasteiger partial charge is 0.478 e. The van der Waals surface area contributed by atoms with Crippen LogP contribution in [0.2, 0.25) is 0 Å². The number of carboxylic acids is 1. The number of fused-ring (bicyclic) bond motifs is 1. The topological polar surface area (TPSA) is 75.3 Å². The van der Waals surface area contributed by atoms with Gasteiger partial charge >= 0.3 is 5.97 Å². The smallest absolute Gasteiger partial charge is 0.337 e. The molecule has 0 saturated heterocycles. The third-order valence-electron chi connectivity index (χ3n) is 3.00. The molecule has 0 radical (unpaired) electrons. The van der Waals surface area contributed by atoms with E-state index in [-0.39, 0.29) is 18.1 Å². The average Bonchev–Trinajstić information content (AvgIpc) is 2.72. The molecule has 96 valence electrons. The molecule has 1 aromatic carbocycles. The van der Waals surface area contributed by atoms with Crippen molar-refractivity contribution in [3.8, 4) is 0 Å². The predicted molar refractivity (Wildman–Crippen MR) is 67.6 cm³/mol. The van der Waals surface area contributed by atoms with Crippen molar-refractivity contribution in [2.75, 3.05) is 6.61 Å². The zero-order valence-corrected chi connectivity index (χ0v) is 10.2. The van der Waals surface area contributed by atoms with Crippen molar-refractivity contribution in [3.63, 3.8) is 0 Å². The number of hydrogen-bond donors (Lipinski definition) is 2. The molecule has 1 atom stereocenters. The van der Waals surface area contributed by atoms with Crippen LogP contribution in [0.4, 0.5) is 0 Å². The van der Waals surface area contributed by atoms with Crippen LogP contribution in [0.25, 0.3) is 11.0 Å². The summed E-state index contributed by atoms with van der Waals surface area (Å²) in [5.41, 5.74) is 1.60. The Balaban J connectivity index is 2.42. The van der Waals surface area contributed by atoms with Crippen LogP contribution in [0, 0.1) is 5.92 Å². The molecule has 5 nitrogen and oxygen atoms in total. The first kappa shape index (κ1) is 12.6. The lowest BCUT2D eigenvalue weighted by Crippen LogP contribution is -2.10. The van der Waals surface area contributed by atoms with E-state index in [1.165, 1.54) is 0 Å². The molecule has 18 heavy (non-hydrogen) atoms. The van der Waals surface area contributed by atoms with Gasteiger partial charge in [0.1, 0.15) is 0 Å². The maximum atomic E-state index is 11.2. The van der Waals surface area contributed by atoms with Crippen LogP contribution >= 0.6 is 0 Å². The first-order valence-corrected chi connectivity index (χ1v) is 5.91. The number of para-hydroxylation sites is 1. The molecule has 0 amide bonds. The Morgan fingerprint density at radius 1 is 1.50 bits per heavy atom. The molecule has 0 bridgehead atoms. The standard InChI is InChI=1S/C13H16N2O3/c1-9(5-6-16)7-15-8-14-11-4-2-3-10(12(11)15)13(17)18/h2-4,8-9,16H,5-7H2,1H3,(H,17,18). The number of aliphatic hydroxyl groups excluding tert-OH is 1. The van der Waals surface area contributed by atoms with Gasteiger partial charge in [0.25, 0.3) is 0 Å². The number of aromatic carboxylic acids is 1. The van der Waals surface area contributed by atoms with Crippen LogP contribution < -0.4 is 0 Å². The van der Waals surface area contributed by atoms with Crippen LogP contribution in [0.5, 0.6) is 0 Å². The van der Waals surface area contributed by atoms with Gasteiger partial charge in [-0.1, -0.05) is 13.0 Å². The Kier molecular flexibility index (Phi) is 3.62. The molecule has 2 aromatic rings. The summed E-state index contributed by atoms with van der Waals surface area (Å²) in [5, 5.41) is 18.1. The van der Waals surface area contributed by atoms with Crippen molar-refractivity contribution in [1.29, 1.82) is 0 Å². The number of imidazole rings is 1. The van der Waals surface area contributed by atoms with Gasteiger partial charge in [-0.3, -0.25) is 0 Å². The highest BCUT2D eigenvalue weighted by atomic mass is 16.4. The van der Waals surface area contributed by atoms with E-state index in [0.29, 0.717) is 24.0 Å². The number of benzene rings is 1. The molecule has 1 heterocycles. The maximum absolute atomic E-state index is 11.2. The Morgan fingerprint density at radius 2 is 2.28 bits per heavy atom. The fourth-order valence-electron chi connectivity index (χ4n) is 2.09. The number of aromatic nitrogens is 2. The minimum atomic E-state index is -0.947. The maximum Gasteiger partial charge on any atom is 0.337 e. The molecule has 0 aliphatic heterocycles. The van der Waals surface area contributed by atoms with Crippen LogP contribution in [0.3, 0.4) is 0 Å². The third kappa shape index (κ3) is 2.36. The Bertz CT molecular complexity index is 562. The second-order valence-electron chi connectivity index (χ2n) is 4.49. The van der Waals surface area contributed by atoms with Crippen LogP contribution in [0.15, 0.2) is 24.5 Å². The lowest BCUT2D eigenvalue weighted by molar-refractivity contribution is 0.0698. The molecule has 0 saturated carbocycles. The van der Waals surface area contributed by atoms with Crippen molar-refractivity contribution in [2.45, 2.75) is 19.9 Å². The fraction of sp³-hybridized carbons (Fsp3) is 0.385. The van der Waals surface area contributed by atoms with E-state index in [2.05, 4.69) is 4.98 Å². The molecule has 0 aliphatic carbocycles. The Morgan fingerprint density at radius 3 is 2.94 bits per heavy atom. The van der Waals surface area contributed by atoms with E-state index in [1.54, 1.807) is 24.5 Å². The van der Waals surface area contributed by atoms with Crippen molar-refractivity contribution >= 4 is 17.0 Å². The van der Waals surface area contributed by atoms with Crippen molar-refractivity contribution in [3.05, 3.63) is 30.1 Å². The second kappa shape index (κ2) is 5.18. The summed E-state index contributed by atoms with van der Waals surface area (Å²) in [5.74, 6) is -0.675. The minimum Gasteiger partial charge on any atom is -0.478 e. The summed E-state index contributed by atoms with van der Waals surface area (Å²) < 4.78 is 1.85. The van der Waals surface area contributed by atoms with Gasteiger partial charge in [-0.25, -0.2) is 9.78 Å². The zero-order valence-electron chi connectivity index (χ0n) is 10.2. The first-order valence-electron chi connectivity index (χ1n) is 5.91. The highest BCUT2D eigenvalue weighted by molar-refractivity contribution is 6.01. The van der Waals surface area contributed by atoms with Crippen molar-refractivity contribution in [1.82, 2.24) is 9.55 Å². The Labute approximate surface area is 105 Å². The zero-order chi connectivity index (χ0) is 13.1. The monoisotopic (exact) mass is 248 g/mol. The van der Waals surface area contributed by atoms with Gasteiger partial charge in [0.15, 0.2) is 0 Å². The van der Waals surface area contributed by atoms with E-state index < -0.39 is 5.97 Å². The fourth-order valence-corrected chi connectivity index (χ4v) is 2.09. The lowest BCUT2D eigenvalue weighted by Gasteiger charge is -2.12. The summed E-state index contributed by atoms with van der Waals surface area (Å²) >= 11 is 0. The summed E-state index contributed by atoms with van der Waals surface area (Å²) in [6, 6.07) is 5.08. The number of carboxylic acid groups (broad SMARTS) is 1. The van der Waals surface area contributed by atoms with Crippen LogP contribution in [0.1, 0.15) is 23.7 Å². The number of aliphatic hydroxyl groups is 1. The summed E-state index contributed by atoms with van der Waals surface area (Å²) in [7, 11) is 0. The van der Waals surface area contributed by atoms with E-state index in [4.69, 9.17) is 5.11 Å². The molecular weight excluding hydrogens is 232 g/mol. The lowest BCUT2D eigenvalue weighted by atomic mass is 10.1. The average molecular weight is 248 g/mol. The molecule has 2 N–H and O–H groups in total. The van der Waals surface area contributed by atoms with Crippen LogP contribution in [-0.2, 0) is 6.54 Å². The minimum absolute atomic E-state index is 0.138. The second-order valence-corrected chi connectivity index (χ2v) is 4.49. The summed E-state index contributed by atoms with van der Waals surface area (Å²) in [6.07, 6.45) is 2.35. The van der Waals surface area contributed by atoms with Gasteiger partial charge in [0.2, 0.25) is 0 Å². The Hall–Kier alpha value is -1.88. The van der Waals surface area contributed by atoms with Gasteiger partial charge in [-0.15, -0.1) is 0 Å². The van der Waals surface area contributed by atoms with Gasteiger partial charge < -0.3 is 14.8 Å². The summed E-state index contributed by atoms with van der Waals surface area (Å²) in [6.45, 7) is 2.81. The molecule has 1 unspecified atom stereocenters. The van der Waals surface area contributed by atoms with E-state index in [0.717, 1.165) is 0 Å². The van der Waals surface area contributed by atoms with Gasteiger partial charge in [-0.2, -0.15) is 0 Å². The number of carbonyl (C=O) groups is 1. The molecule has 0 fully saturated rings. The first-order chi connectivity index (χ1) is 8.63. The molecule has 2 rings (SSSR count). The molecule has 5 heteroatoms. The van der Waals surface area contributed by atoms with Crippen molar-refractivity contribution in [2.24, 2.45) is 5.92 Å². The molecule has 0 spiro atoms. The van der Waals surface area contributed by atoms with Gasteiger partial charge in [0.05, 0.1) is 22.9 Å². The van der Waals surface area contributed by atoms with Gasteiger partial charge in [0, 0.05) is 13.2 Å². The van der Waals surface area contributed by atoms with E-state index >= 15 is 0 Å². The molecule has 0 aliphatic rings. The van der Waals surface area contributed by atoms with E-state index in [1.807, 2.05) is 11.5 Å².